The van der Waals surface area contributed by atoms with Crippen molar-refractivity contribution >= 4 is 78.4 Å². The Kier molecular flexibility index (Phi) is 7.00. The summed E-state index contributed by atoms with van der Waals surface area (Å²) in [7, 11) is 0. The Hall–Kier alpha value is 0.880. The molecule has 0 saturated heterocycles. The molecular weight excluding hydrogens is 430 g/mol. The molecule has 0 unspecified atom stereocenters. The molecule has 92 valence electrons. The number of aryl methyl sites for hydroxylation is 1. The average Bonchev–Trinajstić information content (AvgIpc) is 2.30. The highest BCUT2D eigenvalue weighted by atomic mass is 79.9. The third-order valence-electron chi connectivity index (χ3n) is 1.76. The summed E-state index contributed by atoms with van der Waals surface area (Å²) in [6.07, 6.45) is 0. The van der Waals surface area contributed by atoms with Crippen LogP contribution in [0.25, 0.3) is 0 Å². The number of benzene rings is 1. The average molecular weight is 437 g/mol. The highest BCUT2D eigenvalue weighted by molar-refractivity contribution is 9.15. The maximum atomic E-state index is 5.92. The van der Waals surface area contributed by atoms with E-state index in [0.29, 0.717) is 4.48 Å². The van der Waals surface area contributed by atoms with Gasteiger partial charge in [-0.1, -0.05) is 64.3 Å². The van der Waals surface area contributed by atoms with Crippen LogP contribution in [0.4, 0.5) is 0 Å². The summed E-state index contributed by atoms with van der Waals surface area (Å²) in [6.45, 7) is 2.04. The molecule has 0 aliphatic rings. The Balaban J connectivity index is 2.92. The van der Waals surface area contributed by atoms with E-state index in [1.165, 1.54) is 17.3 Å². The van der Waals surface area contributed by atoms with Gasteiger partial charge < -0.3 is 0 Å². The molecule has 1 aromatic rings. The molecule has 0 heterocycles. The molecule has 0 fully saturated rings. The molecule has 0 saturated carbocycles. The smallest absolute Gasteiger partial charge is 0.0812 e. The molecule has 0 aromatic heterocycles. The molecule has 0 aliphatic heterocycles. The predicted octanol–water partition coefficient (Wildman–Crippen LogP) is 6.93. The maximum Gasteiger partial charge on any atom is 0.126 e. The third-order valence-corrected chi connectivity index (χ3v) is 6.30. The van der Waals surface area contributed by atoms with Crippen LogP contribution in [0.3, 0.4) is 0 Å². The summed E-state index contributed by atoms with van der Waals surface area (Å²) >= 11 is 25.4. The number of rotatable bonds is 3. The quantitative estimate of drug-likeness (QED) is 0.365. The molecule has 17 heavy (non-hydrogen) atoms. The molecule has 0 spiro atoms. The van der Waals surface area contributed by atoms with Crippen LogP contribution in [0.5, 0.6) is 0 Å². The van der Waals surface area contributed by atoms with Crippen LogP contribution >= 0.6 is 78.4 Å². The molecular formula is C11H7Br2Cl3S. The second kappa shape index (κ2) is 7.46. The molecule has 6 heteroatoms. The maximum absolute atomic E-state index is 5.92. The second-order valence-electron chi connectivity index (χ2n) is 3.08. The van der Waals surface area contributed by atoms with Gasteiger partial charge in [0.1, 0.15) is 4.49 Å². The second-order valence-corrected chi connectivity index (χ2v) is 7.60. The Morgan fingerprint density at radius 3 is 2.06 bits per heavy atom. The van der Waals surface area contributed by atoms with Gasteiger partial charge in [0.25, 0.3) is 0 Å². The standard InChI is InChI=1S/C11H7Br2Cl3S/c1-6-2-4-7(5-3-6)17-10(13)8(12)9(14)11(15)16/h2-5H,1H3/b10-8+. The van der Waals surface area contributed by atoms with E-state index in [0.717, 1.165) is 8.71 Å². The molecule has 1 rings (SSSR count). The van der Waals surface area contributed by atoms with Gasteiger partial charge in [-0.2, -0.15) is 0 Å². The molecule has 0 radical (unpaired) electrons. The van der Waals surface area contributed by atoms with Crippen molar-refractivity contribution in [2.75, 3.05) is 0 Å². The first-order valence-corrected chi connectivity index (χ1v) is 7.96. The molecule has 0 bridgehead atoms. The molecule has 0 nitrogen and oxygen atoms in total. The fourth-order valence-corrected chi connectivity index (χ4v) is 3.48. The normalized spacial score (nSPS) is 12.1. The van der Waals surface area contributed by atoms with Crippen molar-refractivity contribution in [1.29, 1.82) is 0 Å². The first-order chi connectivity index (χ1) is 7.91. The zero-order valence-corrected chi connectivity index (χ0v) is 14.9. The van der Waals surface area contributed by atoms with Crippen LogP contribution < -0.4 is 0 Å². The SMILES string of the molecule is Cc1ccc(S/C(Br)=C(/Br)C(Cl)=C(Cl)Cl)cc1. The summed E-state index contributed by atoms with van der Waals surface area (Å²) in [5.74, 6) is 0. The van der Waals surface area contributed by atoms with Gasteiger partial charge in [-0.05, 0) is 50.9 Å². The van der Waals surface area contributed by atoms with E-state index in [9.17, 15) is 0 Å². The largest absolute Gasteiger partial charge is 0.126 e. The summed E-state index contributed by atoms with van der Waals surface area (Å²) in [4.78, 5) is 1.09. The van der Waals surface area contributed by atoms with Crippen LogP contribution in [0, 0.1) is 6.92 Å². The minimum absolute atomic E-state index is 0.0278. The summed E-state index contributed by atoms with van der Waals surface area (Å²) in [6, 6.07) is 8.15. The highest BCUT2D eigenvalue weighted by Gasteiger charge is 2.10. The first kappa shape index (κ1) is 15.9. The Labute approximate surface area is 137 Å². The van der Waals surface area contributed by atoms with Crippen LogP contribution in [0.1, 0.15) is 5.56 Å². The molecule has 0 N–H and O–H groups in total. The van der Waals surface area contributed by atoms with E-state index in [4.69, 9.17) is 34.8 Å². The zero-order chi connectivity index (χ0) is 13.0. The van der Waals surface area contributed by atoms with Gasteiger partial charge in [-0.3, -0.25) is 0 Å². The number of hydrogen-bond donors (Lipinski definition) is 0. The van der Waals surface area contributed by atoms with E-state index in [1.54, 1.807) is 0 Å². The van der Waals surface area contributed by atoms with Crippen LogP contribution in [-0.4, -0.2) is 0 Å². The summed E-state index contributed by atoms with van der Waals surface area (Å²) < 4.78 is 1.47. The van der Waals surface area contributed by atoms with Gasteiger partial charge in [-0.25, -0.2) is 0 Å². The van der Waals surface area contributed by atoms with Crippen molar-refractivity contribution in [2.45, 2.75) is 11.8 Å². The van der Waals surface area contributed by atoms with Crippen molar-refractivity contribution in [3.05, 3.63) is 47.6 Å². The van der Waals surface area contributed by atoms with Crippen molar-refractivity contribution in [2.24, 2.45) is 0 Å². The van der Waals surface area contributed by atoms with Crippen molar-refractivity contribution in [3.63, 3.8) is 0 Å². The van der Waals surface area contributed by atoms with Crippen molar-refractivity contribution < 1.29 is 0 Å². The van der Waals surface area contributed by atoms with Gasteiger partial charge >= 0.3 is 0 Å². The first-order valence-electron chi connectivity index (χ1n) is 4.42. The number of thioether (sulfide) groups is 1. The van der Waals surface area contributed by atoms with Gasteiger partial charge in [0.15, 0.2) is 0 Å². The summed E-state index contributed by atoms with van der Waals surface area (Å²) in [5.41, 5.74) is 1.22. The fraction of sp³-hybridized carbons (Fsp3) is 0.0909. The van der Waals surface area contributed by atoms with Crippen LogP contribution in [0.2, 0.25) is 0 Å². The van der Waals surface area contributed by atoms with E-state index in [2.05, 4.69) is 31.9 Å². The van der Waals surface area contributed by atoms with Gasteiger partial charge in [0, 0.05) is 4.90 Å². The lowest BCUT2D eigenvalue weighted by atomic mass is 10.2. The van der Waals surface area contributed by atoms with E-state index >= 15 is 0 Å². The number of halogens is 5. The number of allylic oxidation sites excluding steroid dienone is 2. The minimum Gasteiger partial charge on any atom is -0.0812 e. The lowest BCUT2D eigenvalue weighted by molar-refractivity contribution is 1.38. The fourth-order valence-electron chi connectivity index (χ4n) is 0.924. The van der Waals surface area contributed by atoms with Gasteiger partial charge in [0.05, 0.1) is 13.3 Å². The Morgan fingerprint density at radius 1 is 1.06 bits per heavy atom. The van der Waals surface area contributed by atoms with Crippen molar-refractivity contribution in [3.8, 4) is 0 Å². The zero-order valence-electron chi connectivity index (χ0n) is 8.61. The highest BCUT2D eigenvalue weighted by Crippen LogP contribution is 2.41. The lowest BCUT2D eigenvalue weighted by Gasteiger charge is -2.04. The third kappa shape index (κ3) is 5.17. The van der Waals surface area contributed by atoms with E-state index in [-0.39, 0.29) is 9.52 Å². The predicted molar refractivity (Wildman–Crippen MR) is 86.5 cm³/mol. The van der Waals surface area contributed by atoms with E-state index < -0.39 is 0 Å². The Morgan fingerprint density at radius 2 is 1.59 bits per heavy atom. The summed E-state index contributed by atoms with van der Waals surface area (Å²) in [5, 5.41) is 0.278. The monoisotopic (exact) mass is 434 g/mol. The molecule has 0 amide bonds. The molecule has 0 atom stereocenters. The molecule has 1 aromatic carbocycles. The molecule has 0 aliphatic carbocycles. The lowest BCUT2D eigenvalue weighted by Crippen LogP contribution is -1.78. The Bertz CT molecular complexity index is 462. The van der Waals surface area contributed by atoms with Crippen LogP contribution in [0.15, 0.2) is 47.0 Å². The minimum atomic E-state index is 0.0278. The number of hydrogen-bond acceptors (Lipinski definition) is 1. The van der Waals surface area contributed by atoms with E-state index in [1.807, 2.05) is 31.2 Å². The van der Waals surface area contributed by atoms with Crippen LogP contribution in [-0.2, 0) is 0 Å². The van der Waals surface area contributed by atoms with Crippen molar-refractivity contribution in [1.82, 2.24) is 0 Å². The van der Waals surface area contributed by atoms with Gasteiger partial charge in [-0.15, -0.1) is 0 Å². The topological polar surface area (TPSA) is 0 Å². The van der Waals surface area contributed by atoms with Gasteiger partial charge in [0.2, 0.25) is 0 Å².